The molecule has 0 aliphatic carbocycles. The molecule has 2 aromatic heterocycles. The van der Waals surface area contributed by atoms with Gasteiger partial charge in [-0.3, -0.25) is 4.90 Å². The third kappa shape index (κ3) is 4.48. The summed E-state index contributed by atoms with van der Waals surface area (Å²) in [5.74, 6) is 2.32. The van der Waals surface area contributed by atoms with Crippen molar-refractivity contribution in [2.24, 2.45) is 0 Å². The Kier molecular flexibility index (Phi) is 6.44. The van der Waals surface area contributed by atoms with Crippen LogP contribution in [0.1, 0.15) is 31.0 Å². The molecule has 2 aromatic carbocycles. The molecule has 4 aromatic rings. The third-order valence-corrected chi connectivity index (χ3v) is 6.72. The van der Waals surface area contributed by atoms with Crippen molar-refractivity contribution in [3.8, 4) is 16.9 Å². The average Bonchev–Trinajstić information content (AvgIpc) is 3.29. The molecule has 1 saturated heterocycles. The van der Waals surface area contributed by atoms with E-state index in [-0.39, 0.29) is 0 Å². The molecule has 0 saturated carbocycles. The van der Waals surface area contributed by atoms with Crippen LogP contribution in [0, 0.1) is 0 Å². The zero-order valence-corrected chi connectivity index (χ0v) is 20.7. The molecule has 0 bridgehead atoms. The molecule has 176 valence electrons. The Morgan fingerprint density at radius 1 is 1.00 bits per heavy atom. The number of hydrogen-bond acceptors (Lipinski definition) is 5. The van der Waals surface area contributed by atoms with Crippen LogP contribution >= 0.6 is 11.6 Å². The number of methoxy groups -OCH3 is 1. The topological polar surface area (TPSA) is 45.9 Å². The van der Waals surface area contributed by atoms with Gasteiger partial charge in [-0.1, -0.05) is 55.8 Å². The van der Waals surface area contributed by atoms with E-state index in [1.54, 1.807) is 7.11 Å². The first-order valence-electron chi connectivity index (χ1n) is 11.8. The van der Waals surface area contributed by atoms with Gasteiger partial charge in [-0.05, 0) is 29.7 Å². The number of ether oxygens (including phenoxy) is 1. The lowest BCUT2D eigenvalue weighted by Crippen LogP contribution is -2.46. The van der Waals surface area contributed by atoms with Gasteiger partial charge in [0.05, 0.1) is 13.3 Å². The quantitative estimate of drug-likeness (QED) is 0.368. The van der Waals surface area contributed by atoms with Gasteiger partial charge in [0.15, 0.2) is 5.65 Å². The molecule has 0 unspecified atom stereocenters. The lowest BCUT2D eigenvalue weighted by atomic mass is 10.1. The first-order valence-corrected chi connectivity index (χ1v) is 12.1. The summed E-state index contributed by atoms with van der Waals surface area (Å²) in [6.07, 6.45) is 1.94. The fourth-order valence-electron chi connectivity index (χ4n) is 4.55. The van der Waals surface area contributed by atoms with Crippen molar-refractivity contribution in [2.45, 2.75) is 26.3 Å². The minimum absolute atomic E-state index is 0.332. The smallest absolute Gasteiger partial charge is 0.165 e. The highest BCUT2D eigenvalue weighted by Gasteiger charge is 2.23. The van der Waals surface area contributed by atoms with E-state index >= 15 is 0 Å². The highest BCUT2D eigenvalue weighted by Crippen LogP contribution is 2.30. The van der Waals surface area contributed by atoms with E-state index in [9.17, 15) is 0 Å². The lowest BCUT2D eigenvalue weighted by Gasteiger charge is -2.36. The molecule has 5 rings (SSSR count). The maximum Gasteiger partial charge on any atom is 0.165 e. The summed E-state index contributed by atoms with van der Waals surface area (Å²) in [6.45, 7) is 8.93. The molecule has 0 amide bonds. The summed E-state index contributed by atoms with van der Waals surface area (Å²) < 4.78 is 7.54. The first-order chi connectivity index (χ1) is 16.5. The Morgan fingerprint density at radius 3 is 2.47 bits per heavy atom. The number of fused-ring (bicyclic) bond motifs is 1. The van der Waals surface area contributed by atoms with Crippen molar-refractivity contribution in [3.05, 3.63) is 77.1 Å². The maximum absolute atomic E-state index is 6.24. The molecule has 7 heteroatoms. The van der Waals surface area contributed by atoms with Crippen LogP contribution in [-0.2, 0) is 6.54 Å². The van der Waals surface area contributed by atoms with Crippen molar-refractivity contribution in [2.75, 3.05) is 38.2 Å². The summed E-state index contributed by atoms with van der Waals surface area (Å²) in [5.41, 5.74) is 5.33. The fraction of sp³-hybridized carbons (Fsp3) is 0.333. The maximum atomic E-state index is 6.24. The van der Waals surface area contributed by atoms with E-state index in [1.807, 2.05) is 35.0 Å². The van der Waals surface area contributed by atoms with Crippen LogP contribution in [0.5, 0.6) is 5.75 Å². The molecule has 0 N–H and O–H groups in total. The number of nitrogens with zero attached hydrogens (tertiary/aromatic N) is 5. The molecule has 0 radical (unpaired) electrons. The predicted octanol–water partition coefficient (Wildman–Crippen LogP) is 5.50. The molecule has 1 aliphatic heterocycles. The number of halogens is 1. The van der Waals surface area contributed by atoms with Crippen molar-refractivity contribution < 1.29 is 4.74 Å². The normalized spacial score (nSPS) is 14.8. The standard InChI is InChI=1S/C27H30ClN5O/c1-19(2)24-16-26(33-27(30-24)23(17-29-33)20-7-5-4-6-8-20)32-13-11-31(12-14-32)18-21-15-22(28)9-10-25(21)34-3/h4-10,15-17,19H,11-14,18H2,1-3H3. The molecule has 1 fully saturated rings. The van der Waals surface area contributed by atoms with E-state index in [2.05, 4.69) is 54.0 Å². The molecule has 3 heterocycles. The van der Waals surface area contributed by atoms with E-state index in [0.717, 1.165) is 77.3 Å². The minimum Gasteiger partial charge on any atom is -0.496 e. The summed E-state index contributed by atoms with van der Waals surface area (Å²) in [5, 5.41) is 5.50. The SMILES string of the molecule is COc1ccc(Cl)cc1CN1CCN(c2cc(C(C)C)nc3c(-c4ccccc4)cnn23)CC1. The monoisotopic (exact) mass is 475 g/mol. The van der Waals surface area contributed by atoms with Gasteiger partial charge in [0.2, 0.25) is 0 Å². The van der Waals surface area contributed by atoms with Crippen molar-refractivity contribution in [1.82, 2.24) is 19.5 Å². The van der Waals surface area contributed by atoms with Crippen molar-refractivity contribution in [3.63, 3.8) is 0 Å². The number of rotatable bonds is 6. The van der Waals surface area contributed by atoms with Gasteiger partial charge in [-0.2, -0.15) is 9.61 Å². The molecular formula is C27H30ClN5O. The van der Waals surface area contributed by atoms with E-state index in [4.69, 9.17) is 26.4 Å². The first kappa shape index (κ1) is 22.7. The highest BCUT2D eigenvalue weighted by molar-refractivity contribution is 6.30. The number of aromatic nitrogens is 3. The Bertz CT molecular complexity index is 1280. The van der Waals surface area contributed by atoms with E-state index < -0.39 is 0 Å². The molecule has 1 aliphatic rings. The molecule has 0 atom stereocenters. The molecule has 6 nitrogen and oxygen atoms in total. The Labute approximate surface area is 205 Å². The van der Waals surface area contributed by atoms with Gasteiger partial charge in [0.1, 0.15) is 11.6 Å². The van der Waals surface area contributed by atoms with Gasteiger partial charge in [0.25, 0.3) is 0 Å². The van der Waals surface area contributed by atoms with Crippen LogP contribution < -0.4 is 9.64 Å². The summed E-state index contributed by atoms with van der Waals surface area (Å²) in [4.78, 5) is 9.88. The van der Waals surface area contributed by atoms with Gasteiger partial charge in [0, 0.05) is 60.6 Å². The Hall–Kier alpha value is -3.09. The summed E-state index contributed by atoms with van der Waals surface area (Å²) in [7, 11) is 1.71. The van der Waals surface area contributed by atoms with Crippen LogP contribution in [-0.4, -0.2) is 52.8 Å². The van der Waals surface area contributed by atoms with Gasteiger partial charge in [-0.25, -0.2) is 4.98 Å². The highest BCUT2D eigenvalue weighted by atomic mass is 35.5. The van der Waals surface area contributed by atoms with Crippen LogP contribution in [0.2, 0.25) is 5.02 Å². The largest absolute Gasteiger partial charge is 0.496 e. The van der Waals surface area contributed by atoms with Gasteiger partial charge < -0.3 is 9.64 Å². The summed E-state index contributed by atoms with van der Waals surface area (Å²) >= 11 is 6.24. The van der Waals surface area contributed by atoms with Crippen molar-refractivity contribution >= 4 is 23.1 Å². The van der Waals surface area contributed by atoms with Crippen LogP contribution in [0.3, 0.4) is 0 Å². The second-order valence-corrected chi connectivity index (χ2v) is 9.51. The second kappa shape index (κ2) is 9.65. The number of benzene rings is 2. The Balaban J connectivity index is 1.41. The summed E-state index contributed by atoms with van der Waals surface area (Å²) in [6, 6.07) is 18.4. The minimum atomic E-state index is 0.332. The number of piperazine rings is 1. The second-order valence-electron chi connectivity index (χ2n) is 9.07. The fourth-order valence-corrected chi connectivity index (χ4v) is 4.75. The number of anilines is 1. The van der Waals surface area contributed by atoms with Crippen molar-refractivity contribution in [1.29, 1.82) is 0 Å². The molecule has 34 heavy (non-hydrogen) atoms. The van der Waals surface area contributed by atoms with Crippen LogP contribution in [0.25, 0.3) is 16.8 Å². The Morgan fingerprint density at radius 2 is 1.76 bits per heavy atom. The molecule has 0 spiro atoms. The van der Waals surface area contributed by atoms with Crippen LogP contribution in [0.4, 0.5) is 5.82 Å². The predicted molar refractivity (Wildman–Crippen MR) is 138 cm³/mol. The molecular weight excluding hydrogens is 446 g/mol. The average molecular weight is 476 g/mol. The van der Waals surface area contributed by atoms with Crippen LogP contribution in [0.15, 0.2) is 60.8 Å². The van der Waals surface area contributed by atoms with E-state index in [0.29, 0.717) is 5.92 Å². The van der Waals surface area contributed by atoms with Gasteiger partial charge in [-0.15, -0.1) is 0 Å². The van der Waals surface area contributed by atoms with Gasteiger partial charge >= 0.3 is 0 Å². The third-order valence-electron chi connectivity index (χ3n) is 6.48. The zero-order valence-electron chi connectivity index (χ0n) is 19.9. The number of hydrogen-bond donors (Lipinski definition) is 0. The lowest BCUT2D eigenvalue weighted by molar-refractivity contribution is 0.245. The zero-order chi connectivity index (χ0) is 23.7. The van der Waals surface area contributed by atoms with E-state index in [1.165, 1.54) is 0 Å².